The fourth-order valence-corrected chi connectivity index (χ4v) is 3.16. The van der Waals surface area contributed by atoms with Crippen molar-refractivity contribution in [1.29, 1.82) is 0 Å². The molecule has 1 fully saturated rings. The van der Waals surface area contributed by atoms with Crippen LogP contribution in [-0.4, -0.2) is 33.3 Å². The van der Waals surface area contributed by atoms with Crippen LogP contribution >= 0.6 is 0 Å². The summed E-state index contributed by atoms with van der Waals surface area (Å²) in [4.78, 5) is 1.88. The normalized spacial score (nSPS) is 20.0. The van der Waals surface area contributed by atoms with Crippen molar-refractivity contribution in [3.63, 3.8) is 0 Å². The Morgan fingerprint density at radius 2 is 1.90 bits per heavy atom. The summed E-state index contributed by atoms with van der Waals surface area (Å²) >= 11 is 0. The zero-order chi connectivity index (χ0) is 15.7. The van der Waals surface area contributed by atoms with E-state index in [9.17, 15) is 21.6 Å². The van der Waals surface area contributed by atoms with Crippen LogP contribution < -0.4 is 9.62 Å². The second kappa shape index (κ2) is 5.84. The number of hydrogen-bond acceptors (Lipinski definition) is 3. The number of rotatable bonds is 4. The van der Waals surface area contributed by atoms with Gasteiger partial charge in [0, 0.05) is 24.8 Å². The van der Waals surface area contributed by atoms with Crippen molar-refractivity contribution in [1.82, 2.24) is 4.72 Å². The van der Waals surface area contributed by atoms with Gasteiger partial charge in [0.1, 0.15) is 0 Å². The molecule has 0 aliphatic carbocycles. The van der Waals surface area contributed by atoms with E-state index < -0.39 is 21.8 Å². The molecule has 0 unspecified atom stereocenters. The summed E-state index contributed by atoms with van der Waals surface area (Å²) in [6.45, 7) is 2.64. The molecule has 21 heavy (non-hydrogen) atoms. The first-order chi connectivity index (χ1) is 9.71. The highest BCUT2D eigenvalue weighted by molar-refractivity contribution is 7.89. The number of hydrogen-bond donors (Lipinski definition) is 1. The highest BCUT2D eigenvalue weighted by atomic mass is 32.2. The smallest absolute Gasteiger partial charge is 0.370 e. The van der Waals surface area contributed by atoms with Crippen molar-refractivity contribution in [3.05, 3.63) is 29.8 Å². The van der Waals surface area contributed by atoms with Crippen molar-refractivity contribution in [2.45, 2.75) is 25.6 Å². The topological polar surface area (TPSA) is 49.4 Å². The van der Waals surface area contributed by atoms with E-state index in [1.165, 1.54) is 12.1 Å². The molecule has 2 rings (SSSR count). The minimum Gasteiger partial charge on any atom is -0.370 e. The van der Waals surface area contributed by atoms with Gasteiger partial charge in [-0.2, -0.15) is 13.2 Å². The largest absolute Gasteiger partial charge is 0.416 e. The fourth-order valence-electron chi connectivity index (χ4n) is 2.29. The Kier molecular flexibility index (Phi) is 4.48. The zero-order valence-corrected chi connectivity index (χ0v) is 12.3. The zero-order valence-electron chi connectivity index (χ0n) is 11.5. The van der Waals surface area contributed by atoms with E-state index in [0.717, 1.165) is 12.1 Å². The van der Waals surface area contributed by atoms with E-state index in [-0.39, 0.29) is 11.8 Å². The average Bonchev–Trinajstić information content (AvgIpc) is 2.86. The van der Waals surface area contributed by atoms with Gasteiger partial charge in [0.2, 0.25) is 10.0 Å². The summed E-state index contributed by atoms with van der Waals surface area (Å²) in [5.74, 6) is 0.0176. The Hall–Kier alpha value is -1.28. The van der Waals surface area contributed by atoms with Gasteiger partial charge in [-0.05, 0) is 37.6 Å². The van der Waals surface area contributed by atoms with Gasteiger partial charge in [-0.1, -0.05) is 0 Å². The quantitative estimate of drug-likeness (QED) is 0.925. The molecule has 1 aliphatic heterocycles. The maximum Gasteiger partial charge on any atom is 0.416 e. The summed E-state index contributed by atoms with van der Waals surface area (Å²) < 4.78 is 63.1. The number of anilines is 1. The van der Waals surface area contributed by atoms with Gasteiger partial charge >= 0.3 is 6.18 Å². The molecule has 0 aromatic heterocycles. The molecule has 1 aliphatic rings. The molecule has 0 radical (unpaired) electrons. The number of nitrogens with one attached hydrogen (secondary N) is 1. The maximum atomic E-state index is 12.5. The Morgan fingerprint density at radius 3 is 2.43 bits per heavy atom. The van der Waals surface area contributed by atoms with Gasteiger partial charge in [-0.3, -0.25) is 0 Å². The van der Waals surface area contributed by atoms with Crippen LogP contribution in [-0.2, 0) is 16.2 Å². The van der Waals surface area contributed by atoms with Crippen LogP contribution in [0.3, 0.4) is 0 Å². The maximum absolute atomic E-state index is 12.5. The predicted octanol–water partition coefficient (Wildman–Crippen LogP) is 2.22. The van der Waals surface area contributed by atoms with E-state index >= 15 is 0 Å². The van der Waals surface area contributed by atoms with E-state index in [2.05, 4.69) is 4.72 Å². The molecule has 8 heteroatoms. The Morgan fingerprint density at radius 1 is 1.29 bits per heavy atom. The molecule has 0 saturated carbocycles. The lowest BCUT2D eigenvalue weighted by Crippen LogP contribution is -2.37. The SMILES string of the molecule is CCS(=O)(=O)N[C@H]1CCN(c2ccc(C(F)(F)F)cc2)C1. The standard InChI is InChI=1S/C13H17F3N2O2S/c1-2-21(19,20)17-11-7-8-18(9-11)12-5-3-10(4-6-12)13(14,15)16/h3-6,11,17H,2,7-9H2,1H3/t11-/m0/s1. The first-order valence-corrected chi connectivity index (χ1v) is 8.29. The van der Waals surface area contributed by atoms with Crippen molar-refractivity contribution in [2.24, 2.45) is 0 Å². The first kappa shape index (κ1) is 16.1. The minimum atomic E-state index is -4.34. The van der Waals surface area contributed by atoms with Crippen molar-refractivity contribution >= 4 is 15.7 Å². The molecular weight excluding hydrogens is 305 g/mol. The van der Waals surface area contributed by atoms with Crippen LogP contribution in [0.25, 0.3) is 0 Å². The van der Waals surface area contributed by atoms with Crippen LogP contribution in [0.2, 0.25) is 0 Å². The van der Waals surface area contributed by atoms with Gasteiger partial charge in [0.25, 0.3) is 0 Å². The number of nitrogens with zero attached hydrogens (tertiary/aromatic N) is 1. The molecule has 1 saturated heterocycles. The molecule has 1 N–H and O–H groups in total. The second-order valence-corrected chi connectivity index (χ2v) is 7.04. The minimum absolute atomic E-state index is 0.0176. The first-order valence-electron chi connectivity index (χ1n) is 6.63. The molecule has 118 valence electrons. The van der Waals surface area contributed by atoms with Crippen LogP contribution in [0.15, 0.2) is 24.3 Å². The van der Waals surface area contributed by atoms with E-state index in [1.807, 2.05) is 4.90 Å². The van der Waals surface area contributed by atoms with Gasteiger partial charge in [0.15, 0.2) is 0 Å². The van der Waals surface area contributed by atoms with E-state index in [1.54, 1.807) is 6.92 Å². The summed E-state index contributed by atoms with van der Waals surface area (Å²) in [7, 11) is -3.26. The third-order valence-corrected chi connectivity index (χ3v) is 4.93. The molecule has 1 atom stereocenters. The number of halogens is 3. The summed E-state index contributed by atoms with van der Waals surface area (Å²) in [5.41, 5.74) is -0.0186. The van der Waals surface area contributed by atoms with Crippen LogP contribution in [0.4, 0.5) is 18.9 Å². The highest BCUT2D eigenvalue weighted by Gasteiger charge is 2.31. The molecule has 0 amide bonds. The second-order valence-electron chi connectivity index (χ2n) is 5.00. The van der Waals surface area contributed by atoms with Crippen LogP contribution in [0.5, 0.6) is 0 Å². The summed E-state index contributed by atoms with van der Waals surface area (Å²) in [6.07, 6.45) is -3.71. The third-order valence-electron chi connectivity index (χ3n) is 3.47. The van der Waals surface area contributed by atoms with Crippen molar-refractivity contribution in [2.75, 3.05) is 23.7 Å². The molecule has 0 spiro atoms. The Balaban J connectivity index is 2.02. The molecule has 1 aromatic rings. The molecule has 1 heterocycles. The molecule has 1 aromatic carbocycles. The number of alkyl halides is 3. The van der Waals surface area contributed by atoms with E-state index in [0.29, 0.717) is 25.2 Å². The van der Waals surface area contributed by atoms with Crippen molar-refractivity contribution in [3.8, 4) is 0 Å². The van der Waals surface area contributed by atoms with Gasteiger partial charge in [0.05, 0.1) is 11.3 Å². The van der Waals surface area contributed by atoms with Gasteiger partial charge < -0.3 is 4.90 Å². The number of sulfonamides is 1. The van der Waals surface area contributed by atoms with E-state index in [4.69, 9.17) is 0 Å². The molecular formula is C13H17F3N2O2S. The lowest BCUT2D eigenvalue weighted by molar-refractivity contribution is -0.137. The lowest BCUT2D eigenvalue weighted by atomic mass is 10.2. The van der Waals surface area contributed by atoms with Crippen LogP contribution in [0.1, 0.15) is 18.9 Å². The fraction of sp³-hybridized carbons (Fsp3) is 0.538. The third kappa shape index (κ3) is 4.10. The predicted molar refractivity (Wildman–Crippen MR) is 74.7 cm³/mol. The van der Waals surface area contributed by atoms with Crippen molar-refractivity contribution < 1.29 is 21.6 Å². The average molecular weight is 322 g/mol. The Labute approximate surface area is 122 Å². The van der Waals surface area contributed by atoms with Crippen LogP contribution in [0, 0.1) is 0 Å². The molecule has 0 bridgehead atoms. The lowest BCUT2D eigenvalue weighted by Gasteiger charge is -2.19. The summed E-state index contributed by atoms with van der Waals surface area (Å²) in [5, 5.41) is 0. The molecule has 4 nitrogen and oxygen atoms in total. The number of benzene rings is 1. The van der Waals surface area contributed by atoms with Gasteiger partial charge in [-0.25, -0.2) is 13.1 Å². The Bertz CT molecular complexity index is 584. The van der Waals surface area contributed by atoms with Gasteiger partial charge in [-0.15, -0.1) is 0 Å². The monoisotopic (exact) mass is 322 g/mol. The summed E-state index contributed by atoms with van der Waals surface area (Å²) in [6, 6.07) is 4.72. The highest BCUT2D eigenvalue weighted by Crippen LogP contribution is 2.31.